The highest BCUT2D eigenvalue weighted by Crippen LogP contribution is 2.04. The summed E-state index contributed by atoms with van der Waals surface area (Å²) >= 11 is 0. The van der Waals surface area contributed by atoms with Crippen LogP contribution in [0.15, 0.2) is 0 Å². The van der Waals surface area contributed by atoms with Crippen molar-refractivity contribution >= 4 is 11.7 Å². The molecule has 0 saturated heterocycles. The standard InChI is InChI=1S/C13H26N2O2.2H2/c1-7-14-11(8(2)3)13(17)15-10(6)12(16)9(4)5;;/h8-11,14H,7H2,1-6H3,(H,15,17);2*1H/t10-,11-;;/m0../s1. The second-order valence-electron chi connectivity index (χ2n) is 5.07. The minimum Gasteiger partial charge on any atom is -0.345 e. The first-order valence-electron chi connectivity index (χ1n) is 6.38. The number of nitrogens with one attached hydrogen (secondary N) is 2. The molecular weight excluding hydrogens is 216 g/mol. The molecule has 1 amide bonds. The summed E-state index contributed by atoms with van der Waals surface area (Å²) in [6, 6.07) is -0.648. The van der Waals surface area contributed by atoms with Crippen LogP contribution in [0.4, 0.5) is 0 Å². The van der Waals surface area contributed by atoms with Crippen LogP contribution in [-0.4, -0.2) is 30.3 Å². The van der Waals surface area contributed by atoms with Crippen molar-refractivity contribution in [3.05, 3.63) is 0 Å². The number of hydrogen-bond donors (Lipinski definition) is 2. The number of likely N-dealkylation sites (N-methyl/N-ethyl adjacent to an activating group) is 1. The lowest BCUT2D eigenvalue weighted by Crippen LogP contribution is -2.51. The Hall–Kier alpha value is -0.900. The molecule has 4 nitrogen and oxygen atoms in total. The molecule has 0 fully saturated rings. The average molecular weight is 246 g/mol. The molecule has 104 valence electrons. The normalized spacial score (nSPS) is 14.8. The maximum Gasteiger partial charge on any atom is 0.237 e. The molecule has 0 aliphatic rings. The van der Waals surface area contributed by atoms with Gasteiger partial charge in [0.2, 0.25) is 5.91 Å². The summed E-state index contributed by atoms with van der Waals surface area (Å²) < 4.78 is 0. The molecule has 0 saturated carbocycles. The maximum atomic E-state index is 12.0. The molecule has 2 atom stereocenters. The Morgan fingerprint density at radius 1 is 1.12 bits per heavy atom. The molecule has 0 unspecified atom stereocenters. The SMILES string of the molecule is CCN[C@H](C(=O)N[C@@H](C)C(=O)C(C)C)C(C)C.[HH].[HH]. The molecule has 0 aromatic carbocycles. The lowest BCUT2D eigenvalue weighted by atomic mass is 10.0. The van der Waals surface area contributed by atoms with Crippen LogP contribution in [-0.2, 0) is 9.59 Å². The van der Waals surface area contributed by atoms with Crippen molar-refractivity contribution in [3.63, 3.8) is 0 Å². The summed E-state index contributed by atoms with van der Waals surface area (Å²) in [4.78, 5) is 23.7. The number of hydrogen-bond acceptors (Lipinski definition) is 3. The smallest absolute Gasteiger partial charge is 0.237 e. The van der Waals surface area contributed by atoms with E-state index in [1.54, 1.807) is 6.92 Å². The molecule has 0 aliphatic heterocycles. The van der Waals surface area contributed by atoms with Gasteiger partial charge in [0.15, 0.2) is 5.78 Å². The minimum atomic E-state index is -0.414. The van der Waals surface area contributed by atoms with E-state index in [1.165, 1.54) is 0 Å². The van der Waals surface area contributed by atoms with Gasteiger partial charge < -0.3 is 10.6 Å². The first kappa shape index (κ1) is 16.1. The van der Waals surface area contributed by atoms with Crippen molar-refractivity contribution in [2.45, 2.75) is 53.6 Å². The molecule has 0 heterocycles. The molecule has 17 heavy (non-hydrogen) atoms. The summed E-state index contributed by atoms with van der Waals surface area (Å²) in [6.07, 6.45) is 0. The van der Waals surface area contributed by atoms with Crippen molar-refractivity contribution in [3.8, 4) is 0 Å². The largest absolute Gasteiger partial charge is 0.345 e. The van der Waals surface area contributed by atoms with E-state index >= 15 is 0 Å². The van der Waals surface area contributed by atoms with Gasteiger partial charge in [0.1, 0.15) is 0 Å². The molecule has 0 aromatic heterocycles. The average Bonchev–Trinajstić information content (AvgIpc) is 2.23. The minimum absolute atomic E-state index is 0. The molecule has 0 aromatic rings. The fourth-order valence-electron chi connectivity index (χ4n) is 1.73. The van der Waals surface area contributed by atoms with Crippen molar-refractivity contribution in [2.75, 3.05) is 6.54 Å². The van der Waals surface area contributed by atoms with Gasteiger partial charge in [-0.2, -0.15) is 0 Å². The zero-order valence-corrected chi connectivity index (χ0v) is 11.8. The maximum absolute atomic E-state index is 12.0. The van der Waals surface area contributed by atoms with Crippen LogP contribution < -0.4 is 10.6 Å². The monoisotopic (exact) mass is 246 g/mol. The topological polar surface area (TPSA) is 58.2 Å². The molecule has 4 heteroatoms. The lowest BCUT2D eigenvalue weighted by molar-refractivity contribution is -0.130. The van der Waals surface area contributed by atoms with Gasteiger partial charge in [-0.15, -0.1) is 0 Å². The van der Waals surface area contributed by atoms with Gasteiger partial charge in [0.05, 0.1) is 12.1 Å². The molecule has 0 rings (SSSR count). The van der Waals surface area contributed by atoms with Gasteiger partial charge in [0.25, 0.3) is 0 Å². The number of ketones is 1. The summed E-state index contributed by atoms with van der Waals surface area (Å²) in [5, 5.41) is 5.91. The van der Waals surface area contributed by atoms with Crippen LogP contribution in [0.2, 0.25) is 0 Å². The second-order valence-corrected chi connectivity index (χ2v) is 5.07. The quantitative estimate of drug-likeness (QED) is 0.720. The number of carbonyl (C=O) groups excluding carboxylic acids is 2. The van der Waals surface area contributed by atoms with E-state index < -0.39 is 6.04 Å². The Balaban J connectivity index is -0.00000128. The zero-order valence-electron chi connectivity index (χ0n) is 11.8. The highest BCUT2D eigenvalue weighted by Gasteiger charge is 2.25. The van der Waals surface area contributed by atoms with E-state index in [0.29, 0.717) is 0 Å². The van der Waals surface area contributed by atoms with Gasteiger partial charge in [-0.3, -0.25) is 9.59 Å². The highest BCUT2D eigenvalue weighted by molar-refractivity contribution is 5.91. The van der Waals surface area contributed by atoms with Gasteiger partial charge >= 0.3 is 0 Å². The Bertz CT molecular complexity index is 271. The second kappa shape index (κ2) is 7.43. The third kappa shape index (κ3) is 5.31. The van der Waals surface area contributed by atoms with E-state index in [4.69, 9.17) is 0 Å². The van der Waals surface area contributed by atoms with Crippen molar-refractivity contribution < 1.29 is 12.4 Å². The highest BCUT2D eigenvalue weighted by atomic mass is 16.2. The predicted octanol–water partition coefficient (Wildman–Crippen LogP) is 1.84. The fraction of sp³-hybridized carbons (Fsp3) is 0.846. The van der Waals surface area contributed by atoms with E-state index in [0.717, 1.165) is 6.54 Å². The van der Waals surface area contributed by atoms with Crippen LogP contribution in [0.25, 0.3) is 0 Å². The lowest BCUT2D eigenvalue weighted by Gasteiger charge is -2.23. The van der Waals surface area contributed by atoms with Gasteiger partial charge in [0, 0.05) is 8.77 Å². The van der Waals surface area contributed by atoms with Crippen LogP contribution in [0.5, 0.6) is 0 Å². The van der Waals surface area contributed by atoms with E-state index in [9.17, 15) is 9.59 Å². The number of rotatable bonds is 7. The summed E-state index contributed by atoms with van der Waals surface area (Å²) in [5.74, 6) is 0.124. The van der Waals surface area contributed by atoms with Crippen molar-refractivity contribution in [1.82, 2.24) is 10.6 Å². The van der Waals surface area contributed by atoms with Gasteiger partial charge in [-0.25, -0.2) is 0 Å². The van der Waals surface area contributed by atoms with Crippen molar-refractivity contribution in [2.24, 2.45) is 11.8 Å². The fourth-order valence-corrected chi connectivity index (χ4v) is 1.73. The molecule has 0 bridgehead atoms. The van der Waals surface area contributed by atoms with Crippen molar-refractivity contribution in [1.29, 1.82) is 0 Å². The molecule has 0 spiro atoms. The third-order valence-electron chi connectivity index (χ3n) is 2.73. The van der Waals surface area contributed by atoms with Crippen LogP contribution in [0, 0.1) is 11.8 Å². The number of carbonyl (C=O) groups is 2. The van der Waals surface area contributed by atoms with Crippen LogP contribution >= 0.6 is 0 Å². The van der Waals surface area contributed by atoms with E-state index in [-0.39, 0.29) is 32.4 Å². The summed E-state index contributed by atoms with van der Waals surface area (Å²) in [6.45, 7) is 12.1. The van der Waals surface area contributed by atoms with Gasteiger partial charge in [-0.1, -0.05) is 34.6 Å². The molecular formula is C13H30N2O2. The molecule has 0 aliphatic carbocycles. The number of amides is 1. The Morgan fingerprint density at radius 2 is 1.65 bits per heavy atom. The zero-order chi connectivity index (χ0) is 13.6. The Labute approximate surface area is 108 Å². The van der Waals surface area contributed by atoms with Crippen LogP contribution in [0.3, 0.4) is 0 Å². The molecule has 0 radical (unpaired) electrons. The molecule has 2 N–H and O–H groups in total. The van der Waals surface area contributed by atoms with Gasteiger partial charge in [-0.05, 0) is 19.4 Å². The van der Waals surface area contributed by atoms with Crippen LogP contribution in [0.1, 0.15) is 44.4 Å². The van der Waals surface area contributed by atoms with E-state index in [2.05, 4.69) is 10.6 Å². The summed E-state index contributed by atoms with van der Waals surface area (Å²) in [5.41, 5.74) is 0. The number of Topliss-reactive ketones (excluding diaryl/α,β-unsaturated/α-hetero) is 1. The first-order chi connectivity index (χ1) is 7.81. The predicted molar refractivity (Wildman–Crippen MR) is 74.0 cm³/mol. The van der Waals surface area contributed by atoms with E-state index in [1.807, 2.05) is 34.6 Å². The Kier molecular flexibility index (Phi) is 7.04. The first-order valence-corrected chi connectivity index (χ1v) is 6.38. The Morgan fingerprint density at radius 3 is 2.00 bits per heavy atom. The third-order valence-corrected chi connectivity index (χ3v) is 2.73. The summed E-state index contributed by atoms with van der Waals surface area (Å²) in [7, 11) is 0.